The monoisotopic (exact) mass is 277 g/mol. The number of fused-ring (bicyclic) bond motifs is 1. The van der Waals surface area contributed by atoms with Crippen LogP contribution in [0.15, 0.2) is 27.6 Å². The molecule has 0 amide bonds. The molecule has 5 nitrogen and oxygen atoms in total. The van der Waals surface area contributed by atoms with Crippen molar-refractivity contribution in [3.8, 4) is 0 Å². The lowest BCUT2D eigenvalue weighted by molar-refractivity contribution is 0.972. The van der Waals surface area contributed by atoms with E-state index >= 15 is 0 Å². The summed E-state index contributed by atoms with van der Waals surface area (Å²) in [6.45, 7) is 2.04. The first-order chi connectivity index (χ1) is 8.76. The van der Waals surface area contributed by atoms with Crippen molar-refractivity contribution in [1.29, 1.82) is 0 Å². The molecule has 0 bridgehead atoms. The quantitative estimate of drug-likeness (QED) is 0.719. The minimum absolute atomic E-state index is 0.738. The molecule has 0 aliphatic carbocycles. The maximum Gasteiger partial charge on any atom is 0.174 e. The Morgan fingerprint density at radius 3 is 3.11 bits per heavy atom. The fourth-order valence-electron chi connectivity index (χ4n) is 1.59. The van der Waals surface area contributed by atoms with E-state index in [1.54, 1.807) is 18.0 Å². The van der Waals surface area contributed by atoms with E-state index in [-0.39, 0.29) is 0 Å². The average molecular weight is 277 g/mol. The molecule has 2 heterocycles. The average Bonchev–Trinajstić information content (AvgIpc) is 2.98. The Balaban J connectivity index is 1.95. The molecule has 7 heteroatoms. The van der Waals surface area contributed by atoms with Crippen molar-refractivity contribution < 1.29 is 0 Å². The highest BCUT2D eigenvalue weighted by molar-refractivity contribution is 8.01. The van der Waals surface area contributed by atoms with E-state index in [1.807, 2.05) is 19.1 Å². The Kier molecular flexibility index (Phi) is 2.92. The molecule has 0 aliphatic heterocycles. The molecule has 3 N–H and O–H groups in total. The summed E-state index contributed by atoms with van der Waals surface area (Å²) in [5.41, 5.74) is 7.74. The van der Waals surface area contributed by atoms with E-state index in [9.17, 15) is 0 Å². The summed E-state index contributed by atoms with van der Waals surface area (Å²) in [6, 6.07) is 3.91. The van der Waals surface area contributed by atoms with Crippen LogP contribution in [0.25, 0.3) is 10.9 Å². The van der Waals surface area contributed by atoms with Crippen molar-refractivity contribution in [3.05, 3.63) is 24.2 Å². The number of nitrogens with zero attached hydrogens (tertiary/aromatic N) is 3. The van der Waals surface area contributed by atoms with Gasteiger partial charge in [-0.1, -0.05) is 18.7 Å². The van der Waals surface area contributed by atoms with Crippen molar-refractivity contribution in [2.24, 2.45) is 0 Å². The van der Waals surface area contributed by atoms with Gasteiger partial charge in [0.1, 0.15) is 5.82 Å². The van der Waals surface area contributed by atoms with E-state index in [0.717, 1.165) is 38.1 Å². The van der Waals surface area contributed by atoms with Crippen molar-refractivity contribution in [3.63, 3.8) is 0 Å². The minimum Gasteiger partial charge on any atom is -0.398 e. The molecule has 0 saturated carbocycles. The topological polar surface area (TPSA) is 80.5 Å². The summed E-state index contributed by atoms with van der Waals surface area (Å²) in [5.74, 6) is 0.878. The molecule has 0 aliphatic rings. The van der Waals surface area contributed by atoms with Gasteiger partial charge in [0.05, 0.1) is 11.7 Å². The number of nitrogens with one attached hydrogen (secondary N) is 1. The molecular weight excluding hydrogens is 266 g/mol. The zero-order chi connectivity index (χ0) is 12.5. The fraction of sp³-hybridized carbons (Fsp3) is 0.182. The highest BCUT2D eigenvalue weighted by Gasteiger charge is 2.09. The third kappa shape index (κ3) is 2.06. The Morgan fingerprint density at radius 2 is 2.33 bits per heavy atom. The molecule has 3 aromatic rings. The Bertz CT molecular complexity index is 688. The largest absolute Gasteiger partial charge is 0.398 e. The number of nitrogen functional groups attached to an aromatic ring is 1. The third-order valence-electron chi connectivity index (χ3n) is 2.53. The van der Waals surface area contributed by atoms with Gasteiger partial charge in [0.25, 0.3) is 0 Å². The van der Waals surface area contributed by atoms with E-state index < -0.39 is 0 Å². The predicted octanol–water partition coefficient (Wildman–Crippen LogP) is 2.71. The zero-order valence-corrected chi connectivity index (χ0v) is 11.3. The number of hydrogen-bond donors (Lipinski definition) is 2. The van der Waals surface area contributed by atoms with Crippen LogP contribution >= 0.6 is 23.3 Å². The molecule has 0 unspecified atom stereocenters. The zero-order valence-electron chi connectivity index (χ0n) is 9.67. The smallest absolute Gasteiger partial charge is 0.174 e. The third-order valence-corrected chi connectivity index (χ3v) is 4.40. The molecule has 92 valence electrons. The summed E-state index contributed by atoms with van der Waals surface area (Å²) in [7, 11) is 0. The SMILES string of the molecule is CCc1nsc(Sc2cc3[nH]ncc3cc2N)n1. The van der Waals surface area contributed by atoms with Crippen LogP contribution in [0.5, 0.6) is 0 Å². The lowest BCUT2D eigenvalue weighted by Crippen LogP contribution is -1.88. The van der Waals surface area contributed by atoms with Gasteiger partial charge in [-0.3, -0.25) is 5.10 Å². The molecule has 3 rings (SSSR count). The van der Waals surface area contributed by atoms with Crippen molar-refractivity contribution in [1.82, 2.24) is 19.6 Å². The first-order valence-corrected chi connectivity index (χ1v) is 7.08. The number of aromatic nitrogens is 4. The van der Waals surface area contributed by atoms with Crippen molar-refractivity contribution in [2.45, 2.75) is 22.6 Å². The van der Waals surface area contributed by atoms with E-state index in [1.165, 1.54) is 11.5 Å². The van der Waals surface area contributed by atoms with Crippen LogP contribution in [0.3, 0.4) is 0 Å². The van der Waals surface area contributed by atoms with Crippen LogP contribution < -0.4 is 5.73 Å². The summed E-state index contributed by atoms with van der Waals surface area (Å²) < 4.78 is 5.18. The molecule has 0 atom stereocenters. The molecule has 0 fully saturated rings. The highest BCUT2D eigenvalue weighted by atomic mass is 32.2. The standard InChI is InChI=1S/C11H11N5S2/c1-2-10-14-11(18-16-10)17-9-4-8-6(3-7(9)12)5-13-15-8/h3-5H,2,12H2,1H3,(H,13,15). The second-order valence-corrected chi connectivity index (χ2v) is 5.82. The number of H-pyrrole nitrogens is 1. The molecular formula is C11H11N5S2. The molecule has 1 aromatic carbocycles. The van der Waals surface area contributed by atoms with Gasteiger partial charge in [-0.2, -0.15) is 9.47 Å². The maximum absolute atomic E-state index is 6.03. The normalized spacial score (nSPS) is 11.2. The predicted molar refractivity (Wildman–Crippen MR) is 73.9 cm³/mol. The first kappa shape index (κ1) is 11.5. The Labute approximate surface area is 112 Å². The van der Waals surface area contributed by atoms with Gasteiger partial charge >= 0.3 is 0 Å². The van der Waals surface area contributed by atoms with E-state index in [4.69, 9.17) is 5.73 Å². The van der Waals surface area contributed by atoms with Crippen LogP contribution in [0.4, 0.5) is 5.69 Å². The number of benzene rings is 1. The highest BCUT2D eigenvalue weighted by Crippen LogP contribution is 2.35. The summed E-state index contributed by atoms with van der Waals surface area (Å²) in [6.07, 6.45) is 2.62. The number of aryl methyl sites for hydroxylation is 1. The van der Waals surface area contributed by atoms with Crippen LogP contribution in [-0.2, 0) is 6.42 Å². The summed E-state index contributed by atoms with van der Waals surface area (Å²) in [5, 5.41) is 7.95. The summed E-state index contributed by atoms with van der Waals surface area (Å²) >= 11 is 2.95. The van der Waals surface area contributed by atoms with Gasteiger partial charge < -0.3 is 5.73 Å². The molecule has 2 aromatic heterocycles. The molecule has 0 spiro atoms. The van der Waals surface area contributed by atoms with E-state index in [2.05, 4.69) is 19.6 Å². The number of aromatic amines is 1. The van der Waals surface area contributed by atoms with Gasteiger partial charge in [-0.05, 0) is 23.7 Å². The molecule has 0 radical (unpaired) electrons. The number of hydrogen-bond acceptors (Lipinski definition) is 6. The minimum atomic E-state index is 0.738. The van der Waals surface area contributed by atoms with Gasteiger partial charge in [0, 0.05) is 22.4 Å². The molecule has 18 heavy (non-hydrogen) atoms. The van der Waals surface area contributed by atoms with E-state index in [0.29, 0.717) is 0 Å². The van der Waals surface area contributed by atoms with Crippen molar-refractivity contribution >= 4 is 39.9 Å². The van der Waals surface area contributed by atoms with Crippen LogP contribution in [0, 0.1) is 0 Å². The Hall–Kier alpha value is -1.60. The Morgan fingerprint density at radius 1 is 1.44 bits per heavy atom. The first-order valence-electron chi connectivity index (χ1n) is 5.49. The van der Waals surface area contributed by atoms with Crippen molar-refractivity contribution in [2.75, 3.05) is 5.73 Å². The summed E-state index contributed by atoms with van der Waals surface area (Å²) in [4.78, 5) is 5.40. The van der Waals surface area contributed by atoms with Gasteiger partial charge in [-0.15, -0.1) is 0 Å². The van der Waals surface area contributed by atoms with Crippen LogP contribution in [-0.4, -0.2) is 19.6 Å². The number of anilines is 1. The second-order valence-electron chi connectivity index (χ2n) is 3.78. The fourth-order valence-corrected chi connectivity index (χ4v) is 3.32. The van der Waals surface area contributed by atoms with Gasteiger partial charge in [0.15, 0.2) is 4.34 Å². The second kappa shape index (κ2) is 4.58. The lowest BCUT2D eigenvalue weighted by Gasteiger charge is -2.02. The maximum atomic E-state index is 6.03. The van der Waals surface area contributed by atoms with Gasteiger partial charge in [-0.25, -0.2) is 4.98 Å². The van der Waals surface area contributed by atoms with Crippen LogP contribution in [0.2, 0.25) is 0 Å². The number of rotatable bonds is 3. The van der Waals surface area contributed by atoms with Gasteiger partial charge in [0.2, 0.25) is 0 Å². The number of nitrogens with two attached hydrogens (primary N) is 1. The van der Waals surface area contributed by atoms with Crippen LogP contribution in [0.1, 0.15) is 12.7 Å². The molecule has 0 saturated heterocycles. The lowest BCUT2D eigenvalue weighted by atomic mass is 10.2.